The van der Waals surface area contributed by atoms with Gasteiger partial charge in [-0.15, -0.1) is 0 Å². The van der Waals surface area contributed by atoms with Crippen molar-refractivity contribution in [2.45, 2.75) is 45.1 Å². The third kappa shape index (κ3) is 3.18. The Morgan fingerprint density at radius 1 is 1.26 bits per heavy atom. The summed E-state index contributed by atoms with van der Waals surface area (Å²) in [6.07, 6.45) is 1.81. The average molecular weight is 311 g/mol. The van der Waals surface area contributed by atoms with Gasteiger partial charge in [-0.3, -0.25) is 9.59 Å². The second kappa shape index (κ2) is 5.65. The molecular weight excluding hydrogens is 290 g/mol. The fraction of sp³-hybridized carbons (Fsp3) is 0.389. The van der Waals surface area contributed by atoms with Gasteiger partial charge in [0, 0.05) is 6.07 Å². The van der Waals surface area contributed by atoms with Crippen molar-refractivity contribution in [2.75, 3.05) is 0 Å². The highest BCUT2D eigenvalue weighted by Gasteiger charge is 2.45. The van der Waals surface area contributed by atoms with E-state index >= 15 is 0 Å². The molecule has 1 heterocycles. The lowest BCUT2D eigenvalue weighted by Crippen LogP contribution is -2.36. The summed E-state index contributed by atoms with van der Waals surface area (Å²) in [5.74, 6) is 0.621. The molecule has 1 saturated carbocycles. The first-order chi connectivity index (χ1) is 10.9. The van der Waals surface area contributed by atoms with Gasteiger partial charge in [-0.25, -0.2) is 4.98 Å². The summed E-state index contributed by atoms with van der Waals surface area (Å²) in [5.41, 5.74) is 1.93. The molecule has 1 aromatic carbocycles. The second-order valence-electron chi connectivity index (χ2n) is 6.53. The van der Waals surface area contributed by atoms with Crippen LogP contribution in [0.3, 0.4) is 0 Å². The Balaban J connectivity index is 1.81. The summed E-state index contributed by atoms with van der Waals surface area (Å²) in [6, 6.07) is 9.63. The van der Waals surface area contributed by atoms with Crippen molar-refractivity contribution >= 4 is 5.91 Å². The minimum atomic E-state index is -0.315. The molecule has 1 aliphatic carbocycles. The molecule has 0 saturated heterocycles. The van der Waals surface area contributed by atoms with Crippen molar-refractivity contribution in [3.8, 4) is 0 Å². The van der Waals surface area contributed by atoms with E-state index in [1.54, 1.807) is 6.92 Å². The molecule has 23 heavy (non-hydrogen) atoms. The van der Waals surface area contributed by atoms with Gasteiger partial charge in [-0.05, 0) is 36.8 Å². The predicted octanol–water partition coefficient (Wildman–Crippen LogP) is 2.62. The lowest BCUT2D eigenvalue weighted by atomic mass is 9.98. The molecule has 0 radical (unpaired) electrons. The van der Waals surface area contributed by atoms with E-state index in [1.807, 2.05) is 0 Å². The minimum absolute atomic E-state index is 0.163. The van der Waals surface area contributed by atoms with E-state index in [1.165, 1.54) is 11.6 Å². The van der Waals surface area contributed by atoms with Gasteiger partial charge in [-0.1, -0.05) is 38.1 Å². The van der Waals surface area contributed by atoms with Crippen LogP contribution in [-0.2, 0) is 5.54 Å². The molecule has 0 atom stereocenters. The average Bonchev–Trinajstić information content (AvgIpc) is 3.27. The van der Waals surface area contributed by atoms with Crippen LogP contribution in [0.25, 0.3) is 0 Å². The lowest BCUT2D eigenvalue weighted by molar-refractivity contribution is 0.0925. The highest BCUT2D eigenvalue weighted by atomic mass is 16.2. The molecule has 0 aliphatic heterocycles. The van der Waals surface area contributed by atoms with E-state index in [2.05, 4.69) is 53.4 Å². The number of nitrogens with zero attached hydrogens (tertiary/aromatic N) is 1. The molecule has 1 fully saturated rings. The summed E-state index contributed by atoms with van der Waals surface area (Å²) in [5, 5.41) is 3.05. The first-order valence-corrected chi connectivity index (χ1v) is 7.90. The van der Waals surface area contributed by atoms with E-state index in [9.17, 15) is 9.59 Å². The number of benzene rings is 1. The number of nitrogens with one attached hydrogen (secondary N) is 2. The molecule has 1 amide bonds. The maximum atomic E-state index is 12.4. The summed E-state index contributed by atoms with van der Waals surface area (Å²) in [6.45, 7) is 5.98. The number of aryl methyl sites for hydroxylation is 1. The van der Waals surface area contributed by atoms with Crippen molar-refractivity contribution < 1.29 is 4.79 Å². The minimum Gasteiger partial charge on any atom is -0.341 e. The van der Waals surface area contributed by atoms with E-state index in [0.717, 1.165) is 18.4 Å². The molecule has 0 spiro atoms. The van der Waals surface area contributed by atoms with Gasteiger partial charge >= 0.3 is 0 Å². The van der Waals surface area contributed by atoms with Gasteiger partial charge < -0.3 is 10.3 Å². The van der Waals surface area contributed by atoms with Crippen LogP contribution in [0, 0.1) is 6.92 Å². The van der Waals surface area contributed by atoms with Crippen LogP contribution in [-0.4, -0.2) is 15.9 Å². The van der Waals surface area contributed by atoms with E-state index in [0.29, 0.717) is 11.7 Å². The van der Waals surface area contributed by atoms with Crippen LogP contribution in [0.2, 0.25) is 0 Å². The van der Waals surface area contributed by atoms with E-state index in [-0.39, 0.29) is 22.7 Å². The molecule has 1 aromatic heterocycles. The quantitative estimate of drug-likeness (QED) is 0.911. The van der Waals surface area contributed by atoms with Crippen molar-refractivity contribution in [1.29, 1.82) is 0 Å². The molecule has 0 unspecified atom stereocenters. The zero-order valence-corrected chi connectivity index (χ0v) is 13.6. The smallest absolute Gasteiger partial charge is 0.270 e. The SMILES string of the molecule is Cc1nc(C(=O)NC2(c3ccc(C(C)C)cc3)CC2)cc(=O)[nH]1. The van der Waals surface area contributed by atoms with E-state index in [4.69, 9.17) is 0 Å². The Labute approximate surface area is 135 Å². The van der Waals surface area contributed by atoms with Crippen molar-refractivity contribution in [3.63, 3.8) is 0 Å². The molecule has 3 rings (SSSR count). The number of aromatic amines is 1. The van der Waals surface area contributed by atoms with Crippen LogP contribution >= 0.6 is 0 Å². The van der Waals surface area contributed by atoms with Crippen LogP contribution in [0.5, 0.6) is 0 Å². The van der Waals surface area contributed by atoms with Gasteiger partial charge in [0.2, 0.25) is 0 Å². The van der Waals surface area contributed by atoms with Crippen molar-refractivity contribution in [3.05, 3.63) is 63.3 Å². The van der Waals surface area contributed by atoms with Crippen LogP contribution < -0.4 is 10.9 Å². The van der Waals surface area contributed by atoms with Crippen molar-refractivity contribution in [1.82, 2.24) is 15.3 Å². The van der Waals surface area contributed by atoms with Gasteiger partial charge in [0.05, 0.1) is 5.54 Å². The first-order valence-electron chi connectivity index (χ1n) is 7.90. The van der Waals surface area contributed by atoms with Gasteiger partial charge in [0.25, 0.3) is 11.5 Å². The fourth-order valence-corrected chi connectivity index (χ4v) is 2.78. The maximum Gasteiger partial charge on any atom is 0.270 e. The Bertz CT molecular complexity index is 787. The fourth-order valence-electron chi connectivity index (χ4n) is 2.78. The highest BCUT2D eigenvalue weighted by molar-refractivity contribution is 5.93. The summed E-state index contributed by atoms with van der Waals surface area (Å²) < 4.78 is 0. The lowest BCUT2D eigenvalue weighted by Gasteiger charge is -2.18. The second-order valence-corrected chi connectivity index (χ2v) is 6.53. The maximum absolute atomic E-state index is 12.4. The Hall–Kier alpha value is -2.43. The normalized spacial score (nSPS) is 15.5. The number of H-pyrrole nitrogens is 1. The molecule has 0 bridgehead atoms. The summed E-state index contributed by atoms with van der Waals surface area (Å²) in [4.78, 5) is 30.6. The molecule has 2 N–H and O–H groups in total. The largest absolute Gasteiger partial charge is 0.341 e. The number of carbonyl (C=O) groups excluding carboxylic acids is 1. The van der Waals surface area contributed by atoms with Crippen LogP contribution in [0.1, 0.15) is 60.0 Å². The van der Waals surface area contributed by atoms with Crippen LogP contribution in [0.4, 0.5) is 0 Å². The monoisotopic (exact) mass is 311 g/mol. The predicted molar refractivity (Wildman–Crippen MR) is 88.5 cm³/mol. The van der Waals surface area contributed by atoms with E-state index < -0.39 is 0 Å². The topological polar surface area (TPSA) is 74.8 Å². The van der Waals surface area contributed by atoms with Gasteiger partial charge in [0.15, 0.2) is 0 Å². The Kier molecular flexibility index (Phi) is 3.80. The molecular formula is C18H21N3O2. The number of amides is 1. The van der Waals surface area contributed by atoms with Gasteiger partial charge in [0.1, 0.15) is 11.5 Å². The third-order valence-corrected chi connectivity index (χ3v) is 4.33. The standard InChI is InChI=1S/C18H21N3O2/c1-11(2)13-4-6-14(7-5-13)18(8-9-18)21-17(23)15-10-16(22)20-12(3)19-15/h4-7,10-11H,8-9H2,1-3H3,(H,21,23)(H,19,20,22). The zero-order valence-electron chi connectivity index (χ0n) is 13.6. The molecule has 120 valence electrons. The Morgan fingerprint density at radius 3 is 2.43 bits per heavy atom. The molecule has 2 aromatic rings. The number of hydrogen-bond donors (Lipinski definition) is 2. The highest BCUT2D eigenvalue weighted by Crippen LogP contribution is 2.45. The number of carbonyl (C=O) groups is 1. The molecule has 5 heteroatoms. The molecule has 1 aliphatic rings. The zero-order chi connectivity index (χ0) is 16.6. The number of hydrogen-bond acceptors (Lipinski definition) is 3. The summed E-state index contributed by atoms with van der Waals surface area (Å²) >= 11 is 0. The third-order valence-electron chi connectivity index (χ3n) is 4.33. The van der Waals surface area contributed by atoms with Crippen molar-refractivity contribution in [2.24, 2.45) is 0 Å². The van der Waals surface area contributed by atoms with Gasteiger partial charge in [-0.2, -0.15) is 0 Å². The van der Waals surface area contributed by atoms with Crippen LogP contribution in [0.15, 0.2) is 35.1 Å². The Morgan fingerprint density at radius 2 is 1.91 bits per heavy atom. The first kappa shape index (κ1) is 15.5. The summed E-state index contributed by atoms with van der Waals surface area (Å²) in [7, 11) is 0. The number of aromatic nitrogens is 2. The molecule has 5 nitrogen and oxygen atoms in total. The number of rotatable bonds is 4.